The lowest BCUT2D eigenvalue weighted by Gasteiger charge is -2.36. The van der Waals surface area contributed by atoms with Crippen molar-refractivity contribution in [3.8, 4) is 0 Å². The van der Waals surface area contributed by atoms with Gasteiger partial charge in [0.15, 0.2) is 27.4 Å². The maximum absolute atomic E-state index is 12.8. The molecular weight excluding hydrogens is 390 g/mol. The monoisotopic (exact) mass is 411 g/mol. The van der Waals surface area contributed by atoms with Crippen LogP contribution in [0, 0.1) is 13.8 Å². The fourth-order valence-electron chi connectivity index (χ4n) is 2.95. The summed E-state index contributed by atoms with van der Waals surface area (Å²) >= 11 is 5.26. The summed E-state index contributed by atoms with van der Waals surface area (Å²) < 4.78 is 33.1. The molecule has 0 radical (unpaired) electrons. The standard InChI is InChI=1S/C15H21N7O3S2/c1-10-12(11(2)25-19-10)27(23,24)20-13-14(18-5-4-17-13)21-6-8-22(9-7-21)15(26)16-3/h4-5H,6-9H2,1-3H3,(H,16,26)(H,17,20). The number of anilines is 2. The molecule has 0 saturated carbocycles. The Labute approximate surface area is 163 Å². The van der Waals surface area contributed by atoms with Gasteiger partial charge in [-0.2, -0.15) is 0 Å². The van der Waals surface area contributed by atoms with Gasteiger partial charge in [0, 0.05) is 45.6 Å². The summed E-state index contributed by atoms with van der Waals surface area (Å²) in [7, 11) is -2.11. The highest BCUT2D eigenvalue weighted by molar-refractivity contribution is 7.92. The number of nitrogens with one attached hydrogen (secondary N) is 2. The van der Waals surface area contributed by atoms with E-state index in [9.17, 15) is 8.42 Å². The predicted octanol–water partition coefficient (Wildman–Crippen LogP) is 0.509. The zero-order valence-electron chi connectivity index (χ0n) is 15.3. The normalized spacial score (nSPS) is 14.9. The highest BCUT2D eigenvalue weighted by Crippen LogP contribution is 2.26. The quantitative estimate of drug-likeness (QED) is 0.689. The van der Waals surface area contributed by atoms with Gasteiger partial charge in [0.1, 0.15) is 5.69 Å². The minimum atomic E-state index is -3.90. The Balaban J connectivity index is 1.82. The maximum atomic E-state index is 12.8. The van der Waals surface area contributed by atoms with Gasteiger partial charge in [-0.1, -0.05) is 5.16 Å². The Morgan fingerprint density at radius 3 is 2.44 bits per heavy atom. The average Bonchev–Trinajstić information content (AvgIpc) is 3.00. The summed E-state index contributed by atoms with van der Waals surface area (Å²) in [5.41, 5.74) is 0.291. The van der Waals surface area contributed by atoms with Crippen LogP contribution in [0.1, 0.15) is 11.5 Å². The third-order valence-electron chi connectivity index (χ3n) is 4.23. The van der Waals surface area contributed by atoms with Gasteiger partial charge in [0.25, 0.3) is 10.0 Å². The molecule has 0 aliphatic carbocycles. The number of aryl methyl sites for hydroxylation is 2. The zero-order valence-corrected chi connectivity index (χ0v) is 16.9. The first-order valence-corrected chi connectivity index (χ1v) is 10.2. The number of sulfonamides is 1. The van der Waals surface area contributed by atoms with Crippen LogP contribution in [0.25, 0.3) is 0 Å². The predicted molar refractivity (Wildman–Crippen MR) is 104 cm³/mol. The molecule has 1 fully saturated rings. The molecule has 1 aliphatic heterocycles. The van der Waals surface area contributed by atoms with Crippen LogP contribution in [-0.2, 0) is 10.0 Å². The number of piperazine rings is 1. The van der Waals surface area contributed by atoms with Crippen LogP contribution in [0.3, 0.4) is 0 Å². The number of nitrogens with zero attached hydrogens (tertiary/aromatic N) is 5. The first-order valence-electron chi connectivity index (χ1n) is 8.32. The Morgan fingerprint density at radius 1 is 1.19 bits per heavy atom. The summed E-state index contributed by atoms with van der Waals surface area (Å²) in [6.45, 7) is 5.81. The highest BCUT2D eigenvalue weighted by atomic mass is 32.2. The van der Waals surface area contributed by atoms with Gasteiger partial charge in [-0.25, -0.2) is 18.4 Å². The molecule has 0 spiro atoms. The SMILES string of the molecule is CNC(=S)N1CCN(c2nccnc2NS(=O)(=O)c2c(C)noc2C)CC1. The van der Waals surface area contributed by atoms with Gasteiger partial charge in [-0.3, -0.25) is 4.72 Å². The molecule has 0 atom stereocenters. The van der Waals surface area contributed by atoms with Gasteiger partial charge < -0.3 is 19.6 Å². The van der Waals surface area contributed by atoms with Crippen LogP contribution >= 0.6 is 12.2 Å². The Kier molecular flexibility index (Phi) is 5.46. The first kappa shape index (κ1) is 19.3. The Morgan fingerprint density at radius 2 is 1.85 bits per heavy atom. The molecule has 2 aromatic rings. The molecule has 10 nitrogen and oxygen atoms in total. The Bertz CT molecular complexity index is 917. The Hall–Kier alpha value is -2.47. The number of hydrogen-bond acceptors (Lipinski definition) is 8. The molecule has 1 saturated heterocycles. The zero-order chi connectivity index (χ0) is 19.6. The second-order valence-electron chi connectivity index (χ2n) is 6.02. The smallest absolute Gasteiger partial charge is 0.268 e. The van der Waals surface area contributed by atoms with E-state index in [1.54, 1.807) is 20.9 Å². The molecule has 3 heterocycles. The van der Waals surface area contributed by atoms with Crippen molar-refractivity contribution in [2.24, 2.45) is 0 Å². The van der Waals surface area contributed by atoms with E-state index in [0.29, 0.717) is 42.8 Å². The lowest BCUT2D eigenvalue weighted by Crippen LogP contribution is -2.51. The van der Waals surface area contributed by atoms with Crippen molar-refractivity contribution in [1.29, 1.82) is 0 Å². The molecule has 0 unspecified atom stereocenters. The van der Waals surface area contributed by atoms with Crippen molar-refractivity contribution in [3.63, 3.8) is 0 Å². The van der Waals surface area contributed by atoms with E-state index in [0.717, 1.165) is 0 Å². The summed E-state index contributed by atoms with van der Waals surface area (Å²) in [6.07, 6.45) is 2.98. The number of rotatable bonds is 4. The highest BCUT2D eigenvalue weighted by Gasteiger charge is 2.28. The fourth-order valence-corrected chi connectivity index (χ4v) is 4.48. The summed E-state index contributed by atoms with van der Waals surface area (Å²) in [4.78, 5) is 12.6. The van der Waals surface area contributed by atoms with Gasteiger partial charge in [0.2, 0.25) is 0 Å². The van der Waals surface area contributed by atoms with Crippen LogP contribution in [0.4, 0.5) is 11.6 Å². The van der Waals surface area contributed by atoms with E-state index in [1.165, 1.54) is 12.4 Å². The van der Waals surface area contributed by atoms with E-state index in [-0.39, 0.29) is 16.5 Å². The topological polar surface area (TPSA) is 116 Å². The van der Waals surface area contributed by atoms with Crippen molar-refractivity contribution in [1.82, 2.24) is 25.3 Å². The third kappa shape index (κ3) is 3.95. The molecule has 3 rings (SSSR count). The number of aromatic nitrogens is 3. The average molecular weight is 412 g/mol. The molecule has 0 amide bonds. The molecule has 0 bridgehead atoms. The molecule has 27 heavy (non-hydrogen) atoms. The summed E-state index contributed by atoms with van der Waals surface area (Å²) in [5, 5.41) is 7.36. The van der Waals surface area contributed by atoms with Crippen LogP contribution < -0.4 is 14.9 Å². The van der Waals surface area contributed by atoms with E-state index in [2.05, 4.69) is 30.1 Å². The van der Waals surface area contributed by atoms with Crippen molar-refractivity contribution in [3.05, 3.63) is 23.8 Å². The van der Waals surface area contributed by atoms with E-state index in [1.807, 2.05) is 4.90 Å². The van der Waals surface area contributed by atoms with Gasteiger partial charge in [-0.15, -0.1) is 0 Å². The van der Waals surface area contributed by atoms with E-state index in [4.69, 9.17) is 16.7 Å². The lowest BCUT2D eigenvalue weighted by molar-refractivity contribution is 0.381. The second kappa shape index (κ2) is 7.64. The molecule has 0 aromatic carbocycles. The number of hydrogen-bond donors (Lipinski definition) is 2. The maximum Gasteiger partial charge on any atom is 0.268 e. The largest absolute Gasteiger partial charge is 0.366 e. The molecular formula is C15H21N7O3S2. The van der Waals surface area contributed by atoms with Crippen molar-refractivity contribution < 1.29 is 12.9 Å². The van der Waals surface area contributed by atoms with E-state index < -0.39 is 10.0 Å². The van der Waals surface area contributed by atoms with Gasteiger partial charge in [0.05, 0.1) is 0 Å². The number of thiocarbonyl (C=S) groups is 1. The minimum Gasteiger partial charge on any atom is -0.366 e. The second-order valence-corrected chi connectivity index (χ2v) is 8.02. The van der Waals surface area contributed by atoms with Crippen LogP contribution in [0.15, 0.2) is 21.8 Å². The van der Waals surface area contributed by atoms with Crippen molar-refractivity contribution in [2.75, 3.05) is 42.8 Å². The lowest BCUT2D eigenvalue weighted by atomic mass is 10.3. The van der Waals surface area contributed by atoms with Crippen molar-refractivity contribution >= 4 is 39.0 Å². The van der Waals surface area contributed by atoms with E-state index >= 15 is 0 Å². The minimum absolute atomic E-state index is 0.0169. The van der Waals surface area contributed by atoms with Crippen molar-refractivity contribution in [2.45, 2.75) is 18.7 Å². The first-order chi connectivity index (χ1) is 12.8. The van der Waals surface area contributed by atoms with Gasteiger partial charge in [-0.05, 0) is 26.1 Å². The fraction of sp³-hybridized carbons (Fsp3) is 0.467. The molecule has 2 N–H and O–H groups in total. The van der Waals surface area contributed by atoms with Crippen LogP contribution in [0.2, 0.25) is 0 Å². The van der Waals surface area contributed by atoms with Crippen LogP contribution in [-0.4, -0.2) is 66.8 Å². The molecule has 2 aromatic heterocycles. The molecule has 1 aliphatic rings. The van der Waals surface area contributed by atoms with Gasteiger partial charge >= 0.3 is 0 Å². The third-order valence-corrected chi connectivity index (χ3v) is 6.27. The van der Waals surface area contributed by atoms with Crippen LogP contribution in [0.5, 0.6) is 0 Å². The molecule has 146 valence electrons. The molecule has 12 heteroatoms. The summed E-state index contributed by atoms with van der Waals surface area (Å²) in [5.74, 6) is 0.865. The summed E-state index contributed by atoms with van der Waals surface area (Å²) in [6, 6.07) is 0.